The maximum atomic E-state index is 13.2. The predicted molar refractivity (Wildman–Crippen MR) is 231 cm³/mol. The van der Waals surface area contributed by atoms with Gasteiger partial charge in [-0.05, 0) is 73.8 Å². The van der Waals surface area contributed by atoms with E-state index in [4.69, 9.17) is 17.2 Å². The highest BCUT2D eigenvalue weighted by Gasteiger charge is 2.37. The number of imidazole rings is 1. The van der Waals surface area contributed by atoms with Gasteiger partial charge < -0.3 is 74.9 Å². The Hall–Kier alpha value is -6.70. The third kappa shape index (κ3) is 18.5. The quantitative estimate of drug-likeness (QED) is 0.0385. The van der Waals surface area contributed by atoms with Crippen LogP contribution in [-0.4, -0.2) is 160 Å². The molecule has 26 heteroatoms. The smallest absolute Gasteiger partial charge is 0.245 e. The number of unbranched alkanes of at least 4 members (excludes halogenated alkanes) is 1. The van der Waals surface area contributed by atoms with Crippen molar-refractivity contribution in [2.45, 2.75) is 134 Å². The molecular weight excluding hydrogens is 855 g/mol. The topological polar surface area (TPSA) is 406 Å². The van der Waals surface area contributed by atoms with Gasteiger partial charge in [0.2, 0.25) is 65.0 Å². The fraction of sp³-hybridized carbons (Fsp3) is 0.641. The van der Waals surface area contributed by atoms with Gasteiger partial charge in [-0.2, -0.15) is 0 Å². The Balaban J connectivity index is 1.81. The lowest BCUT2D eigenvalue weighted by Crippen LogP contribution is -2.57. The molecule has 1 aromatic rings. The van der Waals surface area contributed by atoms with E-state index in [0.717, 1.165) is 0 Å². The van der Waals surface area contributed by atoms with Gasteiger partial charge in [-0.1, -0.05) is 6.42 Å². The molecule has 1 saturated heterocycles. The van der Waals surface area contributed by atoms with Gasteiger partial charge in [0.15, 0.2) is 0 Å². The molecule has 0 bridgehead atoms. The van der Waals surface area contributed by atoms with Crippen LogP contribution in [0.25, 0.3) is 0 Å². The van der Waals surface area contributed by atoms with Crippen molar-refractivity contribution in [2.75, 3.05) is 26.2 Å². The van der Waals surface area contributed by atoms with E-state index in [1.807, 2.05) is 0 Å². The lowest BCUT2D eigenvalue weighted by Gasteiger charge is -2.28. The number of nitrogens with two attached hydrogens (primary N) is 3. The number of carbonyl (C=O) groups excluding carboxylic acids is 11. The van der Waals surface area contributed by atoms with Crippen molar-refractivity contribution in [1.29, 1.82) is 0 Å². The summed E-state index contributed by atoms with van der Waals surface area (Å²) in [6.07, 6.45) is 5.32. The molecule has 362 valence electrons. The highest BCUT2D eigenvalue weighted by atomic mass is 16.2. The number of hydrogen-bond acceptors (Lipinski definition) is 14. The van der Waals surface area contributed by atoms with Crippen molar-refractivity contribution in [3.05, 3.63) is 18.2 Å². The Morgan fingerprint density at radius 2 is 1.20 bits per heavy atom. The van der Waals surface area contributed by atoms with Crippen LogP contribution < -0.4 is 65.1 Å². The Labute approximate surface area is 375 Å². The van der Waals surface area contributed by atoms with Crippen LogP contribution >= 0.6 is 0 Å². The van der Waals surface area contributed by atoms with Gasteiger partial charge in [0.05, 0.1) is 25.5 Å². The second-order valence-corrected chi connectivity index (χ2v) is 15.8. The zero-order valence-electron chi connectivity index (χ0n) is 37.5. The van der Waals surface area contributed by atoms with Crippen molar-refractivity contribution in [1.82, 2.24) is 62.7 Å². The molecule has 0 unspecified atom stereocenters. The van der Waals surface area contributed by atoms with Crippen molar-refractivity contribution < 1.29 is 52.7 Å². The molecule has 2 heterocycles. The fourth-order valence-corrected chi connectivity index (χ4v) is 6.21. The molecule has 1 aromatic heterocycles. The van der Waals surface area contributed by atoms with Gasteiger partial charge >= 0.3 is 0 Å². The number of carbonyl (C=O) groups is 11. The van der Waals surface area contributed by atoms with Crippen molar-refractivity contribution in [3.8, 4) is 0 Å². The first-order valence-corrected chi connectivity index (χ1v) is 21.2. The Morgan fingerprint density at radius 3 is 1.75 bits per heavy atom. The lowest BCUT2D eigenvalue weighted by molar-refractivity contribution is -0.141. The number of aromatic nitrogens is 2. The number of nitrogens with zero attached hydrogens (tertiary/aromatic N) is 2. The summed E-state index contributed by atoms with van der Waals surface area (Å²) >= 11 is 0. The van der Waals surface area contributed by atoms with Crippen molar-refractivity contribution in [3.63, 3.8) is 0 Å². The second kappa shape index (κ2) is 26.8. The SMILES string of the molecule is C[C@H](NC(=O)CNC(=O)[C@@H]1CCCN1C(=O)[C@H](C)NC(=O)[C@H](C)NC(=O)[C@H](C)NC(=O)CNC(=O)[C@H](C)NC(=O)[C@H](C)NC(=O)[C@H](Cc1cnc[nH]1)NC(=O)[C@@H](N)CCCCN)C(N)=O. The van der Waals surface area contributed by atoms with Gasteiger partial charge in [-0.3, -0.25) is 52.7 Å². The van der Waals surface area contributed by atoms with E-state index in [2.05, 4.69) is 57.8 Å². The summed E-state index contributed by atoms with van der Waals surface area (Å²) in [7, 11) is 0. The summed E-state index contributed by atoms with van der Waals surface area (Å²) in [5, 5.41) is 21.9. The average Bonchev–Trinajstić information content (AvgIpc) is 3.97. The van der Waals surface area contributed by atoms with Crippen LogP contribution in [0.15, 0.2) is 12.5 Å². The number of nitrogens with one attached hydrogen (secondary N) is 10. The molecule has 9 atom stereocenters. The largest absolute Gasteiger partial charge is 0.368 e. The molecule has 0 saturated carbocycles. The average molecular weight is 920 g/mol. The van der Waals surface area contributed by atoms with E-state index in [1.54, 1.807) is 0 Å². The third-order valence-corrected chi connectivity index (χ3v) is 10.2. The molecule has 2 rings (SSSR count). The van der Waals surface area contributed by atoms with Gasteiger partial charge in [-0.25, -0.2) is 4.98 Å². The molecule has 1 aliphatic heterocycles. The fourth-order valence-electron chi connectivity index (χ4n) is 6.21. The monoisotopic (exact) mass is 919 g/mol. The summed E-state index contributed by atoms with van der Waals surface area (Å²) in [6, 6.07) is -9.71. The lowest BCUT2D eigenvalue weighted by atomic mass is 10.1. The van der Waals surface area contributed by atoms with Gasteiger partial charge in [-0.15, -0.1) is 0 Å². The van der Waals surface area contributed by atoms with Crippen LogP contribution in [0.4, 0.5) is 0 Å². The number of amides is 11. The van der Waals surface area contributed by atoms with Crippen LogP contribution in [-0.2, 0) is 59.2 Å². The van der Waals surface area contributed by atoms with Gasteiger partial charge in [0, 0.05) is 24.9 Å². The summed E-state index contributed by atoms with van der Waals surface area (Å²) in [4.78, 5) is 147. The molecule has 26 nitrogen and oxygen atoms in total. The summed E-state index contributed by atoms with van der Waals surface area (Å²) < 4.78 is 0. The van der Waals surface area contributed by atoms with E-state index in [0.29, 0.717) is 44.3 Å². The van der Waals surface area contributed by atoms with Crippen LogP contribution in [0.2, 0.25) is 0 Å². The minimum absolute atomic E-state index is 0.0113. The number of rotatable bonds is 26. The normalized spacial score (nSPS) is 16.9. The molecule has 0 radical (unpaired) electrons. The van der Waals surface area contributed by atoms with Crippen LogP contribution in [0.5, 0.6) is 0 Å². The number of primary amides is 1. The molecule has 0 spiro atoms. The predicted octanol–water partition coefficient (Wildman–Crippen LogP) is -6.37. The molecule has 0 aromatic carbocycles. The standard InChI is InChI=1S/C39H65N15O11/c1-19(31(42)57)47-29(55)17-45-38(64)28-11-9-13-54(28)39(65)24(6)52-35(61)22(4)50-33(59)21(3)48-30(56)16-44-32(58)20(2)49-34(60)23(5)51-37(63)27(14-25-15-43-18-46-25)53-36(62)26(41)10-7-8-12-40/h15,18-24,26-28H,7-14,16-17,40-41H2,1-6H3,(H2,42,57)(H,43,46)(H,44,58)(H,45,64)(H,47,55)(H,48,56)(H,49,60)(H,50,59)(H,51,63)(H,52,61)(H,53,62)/t19-,20-,21-,22-,23-,24-,26-,27-,28-/m0/s1. The molecule has 16 N–H and O–H groups in total. The third-order valence-electron chi connectivity index (χ3n) is 10.2. The van der Waals surface area contributed by atoms with Crippen LogP contribution in [0.3, 0.4) is 0 Å². The number of H-pyrrole nitrogens is 1. The minimum Gasteiger partial charge on any atom is -0.368 e. The van der Waals surface area contributed by atoms with Gasteiger partial charge in [0.25, 0.3) is 0 Å². The molecule has 1 fully saturated rings. The summed E-state index contributed by atoms with van der Waals surface area (Å²) in [6.45, 7) is 7.76. The molecule has 0 aliphatic carbocycles. The van der Waals surface area contributed by atoms with Crippen LogP contribution in [0.1, 0.15) is 79.3 Å². The summed E-state index contributed by atoms with van der Waals surface area (Å²) in [5.41, 5.74) is 17.1. The van der Waals surface area contributed by atoms with Crippen LogP contribution in [0, 0.1) is 0 Å². The van der Waals surface area contributed by atoms with E-state index in [1.165, 1.54) is 59.0 Å². The molecule has 1 aliphatic rings. The zero-order valence-corrected chi connectivity index (χ0v) is 37.5. The van der Waals surface area contributed by atoms with E-state index in [9.17, 15) is 52.7 Å². The van der Waals surface area contributed by atoms with Crippen molar-refractivity contribution >= 4 is 65.0 Å². The molecule has 65 heavy (non-hydrogen) atoms. The molecular formula is C39H65N15O11. The Bertz CT molecular complexity index is 1860. The Kier molecular flexibility index (Phi) is 22.5. The zero-order chi connectivity index (χ0) is 49.0. The maximum absolute atomic E-state index is 13.2. The van der Waals surface area contributed by atoms with E-state index >= 15 is 0 Å². The molecule has 11 amide bonds. The first kappa shape index (κ1) is 54.4. The first-order valence-electron chi connectivity index (χ1n) is 21.2. The minimum atomic E-state index is -1.19. The highest BCUT2D eigenvalue weighted by Crippen LogP contribution is 2.18. The highest BCUT2D eigenvalue weighted by molar-refractivity contribution is 5.98. The van der Waals surface area contributed by atoms with E-state index in [-0.39, 0.29) is 13.0 Å². The number of aromatic amines is 1. The van der Waals surface area contributed by atoms with Gasteiger partial charge in [0.1, 0.15) is 48.3 Å². The number of likely N-dealkylation sites (tertiary alicyclic amines) is 1. The first-order chi connectivity index (χ1) is 30.5. The van der Waals surface area contributed by atoms with E-state index < -0.39 is 132 Å². The Morgan fingerprint density at radius 1 is 0.677 bits per heavy atom. The summed E-state index contributed by atoms with van der Waals surface area (Å²) in [5.74, 6) is -7.69. The maximum Gasteiger partial charge on any atom is 0.245 e. The second-order valence-electron chi connectivity index (χ2n) is 15.8. The van der Waals surface area contributed by atoms with Crippen molar-refractivity contribution in [2.24, 2.45) is 17.2 Å². The number of hydrogen-bond donors (Lipinski definition) is 13.